The van der Waals surface area contributed by atoms with E-state index in [1.165, 1.54) is 33.4 Å². The van der Waals surface area contributed by atoms with Gasteiger partial charge in [-0.1, -0.05) is 135 Å². The van der Waals surface area contributed by atoms with Crippen LogP contribution in [0, 0.1) is 0 Å². The Bertz CT molecular complexity index is 1960. The molecule has 1 nitrogen and oxygen atoms in total. The predicted octanol–water partition coefficient (Wildman–Crippen LogP) is 12.5. The van der Waals surface area contributed by atoms with Crippen LogP contribution in [0.3, 0.4) is 0 Å². The molecule has 0 saturated heterocycles. The van der Waals surface area contributed by atoms with Crippen LogP contribution in [0.15, 0.2) is 169 Å². The average molecular weight is 600 g/mol. The van der Waals surface area contributed by atoms with Crippen molar-refractivity contribution >= 4 is 34.3 Å². The summed E-state index contributed by atoms with van der Waals surface area (Å²) in [7, 11) is 0. The molecule has 0 amide bonds. The molecule has 0 N–H and O–H groups in total. The van der Waals surface area contributed by atoms with E-state index in [1.807, 2.05) is 18.4 Å². The number of nitrogens with zero attached hydrogens (tertiary/aromatic N) is 1. The molecule has 0 radical (unpaired) electrons. The van der Waals surface area contributed by atoms with Crippen molar-refractivity contribution < 1.29 is 0 Å². The van der Waals surface area contributed by atoms with Crippen molar-refractivity contribution in [2.24, 2.45) is 0 Å². The second-order valence-electron chi connectivity index (χ2n) is 11.2. The summed E-state index contributed by atoms with van der Waals surface area (Å²) in [5.41, 5.74) is 15.0. The topological polar surface area (TPSA) is 3.24 Å². The van der Waals surface area contributed by atoms with E-state index >= 15 is 0 Å². The van der Waals surface area contributed by atoms with E-state index in [9.17, 15) is 0 Å². The smallest absolute Gasteiger partial charge is 0.0497 e. The number of benzene rings is 5. The molecule has 2 heteroatoms. The van der Waals surface area contributed by atoms with Crippen molar-refractivity contribution in [3.8, 4) is 22.3 Å². The number of hydrogen-bond donors (Lipinski definition) is 0. The maximum Gasteiger partial charge on any atom is 0.0497 e. The monoisotopic (exact) mass is 599 g/mol. The summed E-state index contributed by atoms with van der Waals surface area (Å²) < 4.78 is 0. The summed E-state index contributed by atoms with van der Waals surface area (Å²) in [5, 5.41) is 1.89. The van der Waals surface area contributed by atoms with E-state index in [2.05, 4.69) is 159 Å². The number of fused-ring (bicyclic) bond motifs is 2. The quantitative estimate of drug-likeness (QED) is 0.135. The van der Waals surface area contributed by atoms with Gasteiger partial charge < -0.3 is 4.90 Å². The van der Waals surface area contributed by atoms with Crippen molar-refractivity contribution in [2.45, 2.75) is 25.2 Å². The molecule has 0 fully saturated rings. The molecule has 0 spiro atoms. The third-order valence-corrected chi connectivity index (χ3v) is 9.13. The Morgan fingerprint density at radius 1 is 0.756 bits per heavy atom. The van der Waals surface area contributed by atoms with Gasteiger partial charge in [0.15, 0.2) is 0 Å². The maximum absolute atomic E-state index is 4.60. The molecule has 1 aliphatic heterocycles. The molecule has 6 rings (SSSR count). The van der Waals surface area contributed by atoms with Crippen LogP contribution in [0.2, 0.25) is 0 Å². The molecular formula is C43H37NS. The molecule has 0 saturated carbocycles. The van der Waals surface area contributed by atoms with Crippen LogP contribution in [-0.2, 0) is 6.42 Å². The Kier molecular flexibility index (Phi) is 8.86. The molecule has 45 heavy (non-hydrogen) atoms. The van der Waals surface area contributed by atoms with Crippen molar-refractivity contribution in [1.29, 1.82) is 0 Å². The fraction of sp³-hybridized carbons (Fsp3) is 0.0698. The van der Waals surface area contributed by atoms with Crippen molar-refractivity contribution in [2.75, 3.05) is 4.90 Å². The van der Waals surface area contributed by atoms with E-state index in [0.29, 0.717) is 0 Å². The summed E-state index contributed by atoms with van der Waals surface area (Å²) in [6.45, 7) is 17.1. The van der Waals surface area contributed by atoms with Crippen LogP contribution >= 0.6 is 11.8 Å². The zero-order valence-electron chi connectivity index (χ0n) is 26.0. The SMILES string of the molecule is C=CSc1c(C(=C)/C=C\C)cccc1-c1ccc(N2C(=C)/C=C(\C)c3ccccc3Cc3cc(-c4ccccc4)ccc32)cc1. The molecule has 0 aromatic heterocycles. The Morgan fingerprint density at radius 3 is 2.22 bits per heavy atom. The van der Waals surface area contributed by atoms with Gasteiger partial charge in [0.25, 0.3) is 0 Å². The number of thioether (sulfide) groups is 1. The van der Waals surface area contributed by atoms with Crippen LogP contribution < -0.4 is 4.90 Å². The summed E-state index contributed by atoms with van der Waals surface area (Å²) in [6, 6.07) is 41.4. The van der Waals surface area contributed by atoms with Gasteiger partial charge in [-0.15, -0.1) is 0 Å². The Balaban J connectivity index is 1.48. The van der Waals surface area contributed by atoms with Gasteiger partial charge in [0.2, 0.25) is 0 Å². The van der Waals surface area contributed by atoms with Gasteiger partial charge in [-0.25, -0.2) is 0 Å². The summed E-state index contributed by atoms with van der Waals surface area (Å²) >= 11 is 1.64. The van der Waals surface area contributed by atoms with Gasteiger partial charge in [-0.3, -0.25) is 0 Å². The fourth-order valence-electron chi connectivity index (χ4n) is 6.18. The van der Waals surface area contributed by atoms with E-state index < -0.39 is 0 Å². The van der Waals surface area contributed by atoms with Crippen molar-refractivity contribution in [1.82, 2.24) is 0 Å². The maximum atomic E-state index is 4.60. The third kappa shape index (κ3) is 6.16. The lowest BCUT2D eigenvalue weighted by Crippen LogP contribution is -2.16. The minimum atomic E-state index is 0.824. The molecule has 0 atom stereocenters. The highest BCUT2D eigenvalue weighted by atomic mass is 32.2. The molecule has 5 aromatic carbocycles. The van der Waals surface area contributed by atoms with E-state index in [0.717, 1.165) is 50.7 Å². The summed E-state index contributed by atoms with van der Waals surface area (Å²) in [5.74, 6) is 0. The highest BCUT2D eigenvalue weighted by Gasteiger charge is 2.21. The molecular weight excluding hydrogens is 563 g/mol. The van der Waals surface area contributed by atoms with E-state index in [-0.39, 0.29) is 0 Å². The lowest BCUT2D eigenvalue weighted by atomic mass is 9.93. The summed E-state index contributed by atoms with van der Waals surface area (Å²) in [4.78, 5) is 3.46. The molecule has 220 valence electrons. The van der Waals surface area contributed by atoms with Gasteiger partial charge in [-0.05, 0) is 105 Å². The van der Waals surface area contributed by atoms with Crippen LogP contribution in [0.1, 0.15) is 36.1 Å². The van der Waals surface area contributed by atoms with Crippen molar-refractivity contribution in [3.63, 3.8) is 0 Å². The molecule has 1 aliphatic rings. The third-order valence-electron chi connectivity index (χ3n) is 8.29. The fourth-order valence-corrected chi connectivity index (χ4v) is 6.99. The molecule has 5 aromatic rings. The largest absolute Gasteiger partial charge is 0.311 e. The first kappa shape index (κ1) is 30.0. The molecule has 0 aliphatic carbocycles. The normalized spacial score (nSPS) is 14.0. The van der Waals surface area contributed by atoms with E-state index in [4.69, 9.17) is 0 Å². The van der Waals surface area contributed by atoms with Gasteiger partial charge in [0, 0.05) is 28.4 Å². The van der Waals surface area contributed by atoms with E-state index in [1.54, 1.807) is 11.8 Å². The number of hydrogen-bond acceptors (Lipinski definition) is 2. The number of rotatable bonds is 7. The highest BCUT2D eigenvalue weighted by molar-refractivity contribution is 8.02. The molecule has 0 bridgehead atoms. The summed E-state index contributed by atoms with van der Waals surface area (Å²) in [6.07, 6.45) is 7.12. The zero-order valence-corrected chi connectivity index (χ0v) is 26.8. The van der Waals surface area contributed by atoms with Gasteiger partial charge in [-0.2, -0.15) is 0 Å². The number of anilines is 2. The standard InChI is InChI=1S/C43H37NS/c1-6-14-30(3)40-19-13-20-41(43(40)45-7-2)34-21-24-38(25-22-34)44-32(5)27-31(4)39-18-12-11-17-36(39)29-37-28-35(23-26-42(37)44)33-15-9-8-10-16-33/h6-28H,2-3,5,29H2,1,4H3/b14-6-,31-27+. The van der Waals surface area contributed by atoms with Crippen LogP contribution in [-0.4, -0.2) is 0 Å². The Hall–Kier alpha value is -5.05. The average Bonchev–Trinajstić information content (AvgIpc) is 3.10. The predicted molar refractivity (Wildman–Crippen MR) is 198 cm³/mol. The lowest BCUT2D eigenvalue weighted by molar-refractivity contribution is 1.14. The van der Waals surface area contributed by atoms with Crippen LogP contribution in [0.4, 0.5) is 11.4 Å². The Labute approximate surface area is 272 Å². The van der Waals surface area contributed by atoms with Gasteiger partial charge in [0.05, 0.1) is 0 Å². The highest BCUT2D eigenvalue weighted by Crippen LogP contribution is 2.42. The Morgan fingerprint density at radius 2 is 1.47 bits per heavy atom. The minimum Gasteiger partial charge on any atom is -0.311 e. The van der Waals surface area contributed by atoms with Gasteiger partial charge >= 0.3 is 0 Å². The molecule has 1 heterocycles. The second-order valence-corrected chi connectivity index (χ2v) is 12.2. The van der Waals surface area contributed by atoms with Crippen LogP contribution in [0.5, 0.6) is 0 Å². The first-order chi connectivity index (χ1) is 22.0. The zero-order chi connectivity index (χ0) is 31.3. The molecule has 0 unspecified atom stereocenters. The first-order valence-corrected chi connectivity index (χ1v) is 16.1. The van der Waals surface area contributed by atoms with Crippen LogP contribution in [0.25, 0.3) is 33.4 Å². The van der Waals surface area contributed by atoms with Gasteiger partial charge in [0.1, 0.15) is 0 Å². The first-order valence-electron chi connectivity index (χ1n) is 15.3. The minimum absolute atomic E-state index is 0.824. The second kappa shape index (κ2) is 13.3. The lowest BCUT2D eigenvalue weighted by Gasteiger charge is -2.28. The number of allylic oxidation sites excluding steroid dienone is 5. The van der Waals surface area contributed by atoms with Crippen molar-refractivity contribution in [3.05, 3.63) is 187 Å².